The van der Waals surface area contributed by atoms with Crippen LogP contribution in [0.4, 0.5) is 0 Å². The molecule has 120 valence electrons. The van der Waals surface area contributed by atoms with Gasteiger partial charge in [0.1, 0.15) is 0 Å². The highest BCUT2D eigenvalue weighted by atomic mass is 16.2. The molecule has 1 unspecified atom stereocenters. The highest BCUT2D eigenvalue weighted by Crippen LogP contribution is 2.40. The van der Waals surface area contributed by atoms with Gasteiger partial charge in [0.2, 0.25) is 5.91 Å². The normalized spacial score (nSPS) is 24.9. The number of carbonyl (C=O) groups excluding carboxylic acids is 1. The van der Waals surface area contributed by atoms with Crippen LogP contribution >= 0.6 is 0 Å². The number of amides is 1. The van der Waals surface area contributed by atoms with E-state index in [4.69, 9.17) is 0 Å². The number of hydrogen-bond donors (Lipinski definition) is 1. The number of rotatable bonds is 3. The molecule has 0 aromatic carbocycles. The quantitative estimate of drug-likeness (QED) is 0.871. The first-order valence-corrected chi connectivity index (χ1v) is 8.53. The van der Waals surface area contributed by atoms with E-state index in [0.29, 0.717) is 17.7 Å². The Morgan fingerprint density at radius 3 is 2.91 bits per heavy atom. The summed E-state index contributed by atoms with van der Waals surface area (Å²) < 4.78 is 0. The lowest BCUT2D eigenvalue weighted by atomic mass is 9.71. The van der Waals surface area contributed by atoms with E-state index >= 15 is 0 Å². The van der Waals surface area contributed by atoms with E-state index in [1.54, 1.807) is 0 Å². The molecule has 1 aromatic rings. The SMILES string of the molecule is Cc1n[nH]c(C)c1CCC(=O)N1CCCC2(CC=CCC2)C1. The fourth-order valence-corrected chi connectivity index (χ4v) is 4.07. The fourth-order valence-electron chi connectivity index (χ4n) is 4.07. The Morgan fingerprint density at radius 2 is 2.23 bits per heavy atom. The zero-order valence-corrected chi connectivity index (χ0v) is 13.8. The Morgan fingerprint density at radius 1 is 1.36 bits per heavy atom. The molecular formula is C18H27N3O. The van der Waals surface area contributed by atoms with E-state index in [9.17, 15) is 4.79 Å². The fraction of sp³-hybridized carbons (Fsp3) is 0.667. The highest BCUT2D eigenvalue weighted by molar-refractivity contribution is 5.76. The summed E-state index contributed by atoms with van der Waals surface area (Å²) in [5.41, 5.74) is 3.70. The molecule has 0 saturated carbocycles. The van der Waals surface area contributed by atoms with Crippen molar-refractivity contribution < 1.29 is 4.79 Å². The van der Waals surface area contributed by atoms with E-state index < -0.39 is 0 Å². The van der Waals surface area contributed by atoms with Crippen LogP contribution in [-0.2, 0) is 11.2 Å². The summed E-state index contributed by atoms with van der Waals surface area (Å²) in [4.78, 5) is 14.7. The van der Waals surface area contributed by atoms with Crippen LogP contribution < -0.4 is 0 Å². The number of aryl methyl sites for hydroxylation is 2. The Kier molecular flexibility index (Phi) is 4.37. The summed E-state index contributed by atoms with van der Waals surface area (Å²) >= 11 is 0. The molecular weight excluding hydrogens is 274 g/mol. The maximum absolute atomic E-state index is 12.6. The molecule has 1 saturated heterocycles. The van der Waals surface area contributed by atoms with Crippen LogP contribution in [0.1, 0.15) is 55.5 Å². The van der Waals surface area contributed by atoms with Gasteiger partial charge in [-0.2, -0.15) is 5.10 Å². The first-order valence-electron chi connectivity index (χ1n) is 8.53. The Labute approximate surface area is 133 Å². The predicted octanol–water partition coefficient (Wildman–Crippen LogP) is 3.31. The molecule has 0 bridgehead atoms. The molecule has 3 rings (SSSR count). The van der Waals surface area contributed by atoms with Gasteiger partial charge in [-0.1, -0.05) is 12.2 Å². The minimum atomic E-state index is 0.314. The van der Waals surface area contributed by atoms with E-state index in [0.717, 1.165) is 43.7 Å². The number of hydrogen-bond acceptors (Lipinski definition) is 2. The maximum Gasteiger partial charge on any atom is 0.222 e. The van der Waals surface area contributed by atoms with Gasteiger partial charge in [0, 0.05) is 25.2 Å². The summed E-state index contributed by atoms with van der Waals surface area (Å²) in [6.07, 6.45) is 12.0. The van der Waals surface area contributed by atoms with Crippen molar-refractivity contribution in [2.45, 2.75) is 58.8 Å². The lowest BCUT2D eigenvalue weighted by Gasteiger charge is -2.44. The van der Waals surface area contributed by atoms with Crippen molar-refractivity contribution in [3.05, 3.63) is 29.1 Å². The zero-order valence-electron chi connectivity index (χ0n) is 13.8. The van der Waals surface area contributed by atoms with Gasteiger partial charge in [-0.05, 0) is 63.4 Å². The van der Waals surface area contributed by atoms with Crippen LogP contribution in [0.2, 0.25) is 0 Å². The van der Waals surface area contributed by atoms with E-state index in [-0.39, 0.29) is 0 Å². The van der Waals surface area contributed by atoms with Crippen LogP contribution in [0.3, 0.4) is 0 Å². The second-order valence-corrected chi connectivity index (χ2v) is 7.05. The van der Waals surface area contributed by atoms with Crippen molar-refractivity contribution in [2.24, 2.45) is 5.41 Å². The third-order valence-electron chi connectivity index (χ3n) is 5.44. The number of likely N-dealkylation sites (tertiary alicyclic amines) is 1. The van der Waals surface area contributed by atoms with Crippen LogP contribution in [-0.4, -0.2) is 34.1 Å². The highest BCUT2D eigenvalue weighted by Gasteiger charge is 2.36. The molecule has 1 fully saturated rings. The Hall–Kier alpha value is -1.58. The first kappa shape index (κ1) is 15.3. The van der Waals surface area contributed by atoms with Crippen molar-refractivity contribution in [1.82, 2.24) is 15.1 Å². The molecule has 1 amide bonds. The van der Waals surface area contributed by atoms with Crippen molar-refractivity contribution >= 4 is 5.91 Å². The first-order chi connectivity index (χ1) is 10.6. The number of nitrogens with zero attached hydrogens (tertiary/aromatic N) is 2. The smallest absolute Gasteiger partial charge is 0.222 e. The van der Waals surface area contributed by atoms with Crippen molar-refractivity contribution in [3.63, 3.8) is 0 Å². The molecule has 2 aliphatic rings. The summed E-state index contributed by atoms with van der Waals surface area (Å²) in [6.45, 7) is 5.94. The third-order valence-corrected chi connectivity index (χ3v) is 5.44. The number of carbonyl (C=O) groups is 1. The minimum absolute atomic E-state index is 0.314. The monoisotopic (exact) mass is 301 g/mol. The third kappa shape index (κ3) is 3.11. The van der Waals surface area contributed by atoms with Crippen molar-refractivity contribution in [2.75, 3.05) is 13.1 Å². The number of allylic oxidation sites excluding steroid dienone is 2. The molecule has 22 heavy (non-hydrogen) atoms. The van der Waals surface area contributed by atoms with Gasteiger partial charge < -0.3 is 4.90 Å². The molecule has 1 N–H and O–H groups in total. The lowest BCUT2D eigenvalue weighted by molar-refractivity contribution is -0.134. The van der Waals surface area contributed by atoms with E-state index in [1.807, 2.05) is 13.8 Å². The zero-order chi connectivity index (χ0) is 15.6. The topological polar surface area (TPSA) is 49.0 Å². The van der Waals surface area contributed by atoms with Crippen LogP contribution in [0.15, 0.2) is 12.2 Å². The van der Waals surface area contributed by atoms with Gasteiger partial charge in [0.15, 0.2) is 0 Å². The van der Waals surface area contributed by atoms with Crippen molar-refractivity contribution in [3.8, 4) is 0 Å². The average Bonchev–Trinajstić information content (AvgIpc) is 2.84. The second-order valence-electron chi connectivity index (χ2n) is 7.05. The lowest BCUT2D eigenvalue weighted by Crippen LogP contribution is -2.46. The van der Waals surface area contributed by atoms with Crippen LogP contribution in [0.5, 0.6) is 0 Å². The summed E-state index contributed by atoms with van der Waals surface area (Å²) in [6, 6.07) is 0. The van der Waals surface area contributed by atoms with Gasteiger partial charge in [0.25, 0.3) is 0 Å². The molecule has 0 radical (unpaired) electrons. The molecule has 1 aromatic heterocycles. The van der Waals surface area contributed by atoms with Gasteiger partial charge in [0.05, 0.1) is 5.69 Å². The molecule has 1 spiro atoms. The standard InChI is InChI=1S/C18H27N3O/c1-14-16(15(2)20-19-14)7-8-17(22)21-12-6-11-18(13-21)9-4-3-5-10-18/h3-4H,5-13H2,1-2H3,(H,19,20). The minimum Gasteiger partial charge on any atom is -0.342 e. The molecule has 2 heterocycles. The van der Waals surface area contributed by atoms with E-state index in [1.165, 1.54) is 24.8 Å². The van der Waals surface area contributed by atoms with Gasteiger partial charge in [-0.15, -0.1) is 0 Å². The largest absolute Gasteiger partial charge is 0.342 e. The molecule has 1 aliphatic heterocycles. The Bertz CT molecular complexity index is 555. The van der Waals surface area contributed by atoms with Gasteiger partial charge in [-0.25, -0.2) is 0 Å². The number of H-pyrrole nitrogens is 1. The maximum atomic E-state index is 12.6. The summed E-state index contributed by atoms with van der Waals surface area (Å²) in [5, 5.41) is 7.22. The molecule has 1 aliphatic carbocycles. The number of piperidine rings is 1. The van der Waals surface area contributed by atoms with Crippen LogP contribution in [0, 0.1) is 19.3 Å². The number of nitrogens with one attached hydrogen (secondary N) is 1. The second kappa shape index (κ2) is 6.27. The van der Waals surface area contributed by atoms with Gasteiger partial charge in [-0.3, -0.25) is 9.89 Å². The Balaban J connectivity index is 1.59. The summed E-state index contributed by atoms with van der Waals surface area (Å²) in [7, 11) is 0. The van der Waals surface area contributed by atoms with Crippen LogP contribution in [0.25, 0.3) is 0 Å². The van der Waals surface area contributed by atoms with Gasteiger partial charge >= 0.3 is 0 Å². The number of aromatic amines is 1. The molecule has 1 atom stereocenters. The average molecular weight is 301 g/mol. The molecule has 4 nitrogen and oxygen atoms in total. The molecule has 4 heteroatoms. The number of aromatic nitrogens is 2. The predicted molar refractivity (Wildman–Crippen MR) is 87.6 cm³/mol. The van der Waals surface area contributed by atoms with Crippen molar-refractivity contribution in [1.29, 1.82) is 0 Å². The van der Waals surface area contributed by atoms with E-state index in [2.05, 4.69) is 27.2 Å². The summed E-state index contributed by atoms with van der Waals surface area (Å²) in [5.74, 6) is 0.314.